The van der Waals surface area contributed by atoms with Crippen LogP contribution in [0.4, 0.5) is 0 Å². The van der Waals surface area contributed by atoms with Gasteiger partial charge in [-0.3, -0.25) is 0 Å². The van der Waals surface area contributed by atoms with E-state index in [2.05, 4.69) is 67.6 Å². The van der Waals surface area contributed by atoms with Crippen LogP contribution in [0.2, 0.25) is 0 Å². The van der Waals surface area contributed by atoms with Crippen molar-refractivity contribution >= 4 is 0 Å². The van der Waals surface area contributed by atoms with Gasteiger partial charge in [0.2, 0.25) is 0 Å². The monoisotopic (exact) mass is 328 g/mol. The van der Waals surface area contributed by atoms with E-state index in [1.807, 2.05) is 12.1 Å². The Bertz CT molecular complexity index is 846. The first-order valence-electron chi connectivity index (χ1n) is 9.22. The average Bonchev–Trinajstić information content (AvgIpc) is 2.68. The van der Waals surface area contributed by atoms with Crippen molar-refractivity contribution in [3.05, 3.63) is 101 Å². The van der Waals surface area contributed by atoms with Gasteiger partial charge in [0.15, 0.2) is 0 Å². The zero-order valence-electron chi connectivity index (χ0n) is 14.7. The maximum Gasteiger partial charge on any atom is 0.115 e. The average molecular weight is 328 g/mol. The van der Waals surface area contributed by atoms with Crippen LogP contribution < -0.4 is 0 Å². The normalized spacial score (nSPS) is 19.4. The summed E-state index contributed by atoms with van der Waals surface area (Å²) in [6.07, 6.45) is 3.33. The highest BCUT2D eigenvalue weighted by molar-refractivity contribution is 5.45. The molecule has 0 aromatic heterocycles. The van der Waals surface area contributed by atoms with Gasteiger partial charge in [-0.2, -0.15) is 0 Å². The highest BCUT2D eigenvalue weighted by Gasteiger charge is 2.31. The number of fused-ring (bicyclic) bond motifs is 1. The van der Waals surface area contributed by atoms with E-state index in [0.29, 0.717) is 17.6 Å². The SMILES string of the molecule is CCc1ccc(C2c3ccccc3CCC2c2ccc(O)cc2)cc1. The molecule has 0 amide bonds. The van der Waals surface area contributed by atoms with E-state index >= 15 is 0 Å². The molecule has 0 spiro atoms. The second-order valence-corrected chi connectivity index (χ2v) is 7.01. The zero-order valence-corrected chi connectivity index (χ0v) is 14.7. The molecule has 1 N–H and O–H groups in total. The highest BCUT2D eigenvalue weighted by atomic mass is 16.3. The summed E-state index contributed by atoms with van der Waals surface area (Å²) < 4.78 is 0. The summed E-state index contributed by atoms with van der Waals surface area (Å²) in [5.74, 6) is 1.16. The summed E-state index contributed by atoms with van der Waals surface area (Å²) in [7, 11) is 0. The molecule has 3 aromatic rings. The van der Waals surface area contributed by atoms with Gasteiger partial charge < -0.3 is 5.11 Å². The molecule has 0 heterocycles. The predicted octanol–water partition coefficient (Wildman–Crippen LogP) is 5.82. The van der Waals surface area contributed by atoms with Crippen molar-refractivity contribution < 1.29 is 5.11 Å². The molecule has 0 saturated carbocycles. The molecule has 4 rings (SSSR count). The maximum atomic E-state index is 9.65. The summed E-state index contributed by atoms with van der Waals surface area (Å²) in [6.45, 7) is 2.20. The molecule has 0 fully saturated rings. The molecule has 1 aliphatic carbocycles. The zero-order chi connectivity index (χ0) is 17.2. The number of hydrogen-bond acceptors (Lipinski definition) is 1. The van der Waals surface area contributed by atoms with Crippen molar-refractivity contribution in [1.29, 1.82) is 0 Å². The van der Waals surface area contributed by atoms with E-state index in [1.165, 1.54) is 27.8 Å². The Kier molecular flexibility index (Phi) is 4.31. The lowest BCUT2D eigenvalue weighted by Crippen LogP contribution is -2.20. The summed E-state index contributed by atoms with van der Waals surface area (Å²) in [5.41, 5.74) is 7.02. The van der Waals surface area contributed by atoms with Gasteiger partial charge in [0.25, 0.3) is 0 Å². The van der Waals surface area contributed by atoms with E-state index < -0.39 is 0 Å². The van der Waals surface area contributed by atoms with E-state index in [4.69, 9.17) is 0 Å². The lowest BCUT2D eigenvalue weighted by atomic mass is 9.69. The molecule has 25 heavy (non-hydrogen) atoms. The summed E-state index contributed by atoms with van der Waals surface area (Å²) in [4.78, 5) is 0. The van der Waals surface area contributed by atoms with E-state index in [-0.39, 0.29) is 0 Å². The number of aromatic hydroxyl groups is 1. The minimum atomic E-state index is 0.337. The van der Waals surface area contributed by atoms with Crippen LogP contribution in [0, 0.1) is 0 Å². The van der Waals surface area contributed by atoms with E-state index in [1.54, 1.807) is 0 Å². The minimum Gasteiger partial charge on any atom is -0.508 e. The third kappa shape index (κ3) is 3.07. The number of phenolic OH excluding ortho intramolecular Hbond substituents is 1. The number of benzene rings is 3. The van der Waals surface area contributed by atoms with Gasteiger partial charge in [-0.05, 0) is 65.1 Å². The molecule has 0 saturated heterocycles. The van der Waals surface area contributed by atoms with Crippen molar-refractivity contribution in [1.82, 2.24) is 0 Å². The molecule has 2 unspecified atom stereocenters. The maximum absolute atomic E-state index is 9.65. The van der Waals surface area contributed by atoms with E-state index in [9.17, 15) is 5.11 Å². The molecule has 126 valence electrons. The quantitative estimate of drug-likeness (QED) is 0.642. The first-order chi connectivity index (χ1) is 12.3. The molecular weight excluding hydrogens is 304 g/mol. The molecule has 0 aliphatic heterocycles. The smallest absolute Gasteiger partial charge is 0.115 e. The Morgan fingerprint density at radius 2 is 1.52 bits per heavy atom. The molecule has 0 bridgehead atoms. The summed E-state index contributed by atoms with van der Waals surface area (Å²) >= 11 is 0. The predicted molar refractivity (Wildman–Crippen MR) is 103 cm³/mol. The van der Waals surface area contributed by atoms with Crippen LogP contribution >= 0.6 is 0 Å². The third-order valence-electron chi connectivity index (χ3n) is 5.59. The summed E-state index contributed by atoms with van der Waals surface area (Å²) in [6, 6.07) is 25.8. The van der Waals surface area contributed by atoms with Crippen LogP contribution in [0.3, 0.4) is 0 Å². The molecule has 1 nitrogen and oxygen atoms in total. The molecule has 0 radical (unpaired) electrons. The lowest BCUT2D eigenvalue weighted by Gasteiger charge is -2.34. The van der Waals surface area contributed by atoms with Gasteiger partial charge >= 0.3 is 0 Å². The van der Waals surface area contributed by atoms with Crippen LogP contribution in [-0.4, -0.2) is 5.11 Å². The highest BCUT2D eigenvalue weighted by Crippen LogP contribution is 2.46. The standard InChI is InChI=1S/C24H24O/c1-2-17-7-9-20(10-8-17)24-22-6-4-3-5-18(22)13-16-23(24)19-11-14-21(25)15-12-19/h3-12,14-15,23-25H,2,13,16H2,1H3. The van der Waals surface area contributed by atoms with Crippen molar-refractivity contribution in [2.45, 2.75) is 38.0 Å². The van der Waals surface area contributed by atoms with Gasteiger partial charge in [-0.25, -0.2) is 0 Å². The van der Waals surface area contributed by atoms with Crippen LogP contribution in [0.1, 0.15) is 53.0 Å². The molecule has 2 atom stereocenters. The minimum absolute atomic E-state index is 0.337. The first kappa shape index (κ1) is 16.0. The van der Waals surface area contributed by atoms with Gasteiger partial charge in [-0.15, -0.1) is 0 Å². The molecule has 1 aliphatic rings. The third-order valence-corrected chi connectivity index (χ3v) is 5.59. The van der Waals surface area contributed by atoms with Crippen molar-refractivity contribution in [3.8, 4) is 5.75 Å². The Morgan fingerprint density at radius 1 is 0.840 bits per heavy atom. The van der Waals surface area contributed by atoms with Crippen LogP contribution in [0.15, 0.2) is 72.8 Å². The van der Waals surface area contributed by atoms with Crippen LogP contribution in [-0.2, 0) is 12.8 Å². The number of hydrogen-bond donors (Lipinski definition) is 1. The second kappa shape index (κ2) is 6.76. The fourth-order valence-corrected chi connectivity index (χ4v) is 4.21. The number of rotatable bonds is 3. The van der Waals surface area contributed by atoms with Crippen LogP contribution in [0.5, 0.6) is 5.75 Å². The van der Waals surface area contributed by atoms with Crippen LogP contribution in [0.25, 0.3) is 0 Å². The van der Waals surface area contributed by atoms with E-state index in [0.717, 1.165) is 19.3 Å². The Balaban J connectivity index is 1.81. The molecule has 3 aromatic carbocycles. The topological polar surface area (TPSA) is 20.2 Å². The Hall–Kier alpha value is -2.54. The lowest BCUT2D eigenvalue weighted by molar-refractivity contribution is 0.473. The van der Waals surface area contributed by atoms with Gasteiger partial charge in [0.1, 0.15) is 5.75 Å². The fourth-order valence-electron chi connectivity index (χ4n) is 4.21. The fraction of sp³-hybridized carbons (Fsp3) is 0.250. The number of phenols is 1. The van der Waals surface area contributed by atoms with Gasteiger partial charge in [0, 0.05) is 5.92 Å². The van der Waals surface area contributed by atoms with Gasteiger partial charge in [0.05, 0.1) is 0 Å². The first-order valence-corrected chi connectivity index (χ1v) is 9.22. The Morgan fingerprint density at radius 3 is 2.24 bits per heavy atom. The van der Waals surface area contributed by atoms with Crippen molar-refractivity contribution in [2.24, 2.45) is 0 Å². The Labute approximate surface area is 150 Å². The van der Waals surface area contributed by atoms with Gasteiger partial charge in [-0.1, -0.05) is 67.6 Å². The number of aryl methyl sites for hydroxylation is 2. The van der Waals surface area contributed by atoms with Crippen molar-refractivity contribution in [3.63, 3.8) is 0 Å². The molecular formula is C24H24O. The summed E-state index contributed by atoms with van der Waals surface area (Å²) in [5, 5.41) is 9.65. The molecule has 1 heteroatoms. The largest absolute Gasteiger partial charge is 0.508 e. The van der Waals surface area contributed by atoms with Crippen molar-refractivity contribution in [2.75, 3.05) is 0 Å². The second-order valence-electron chi connectivity index (χ2n) is 7.01.